The summed E-state index contributed by atoms with van der Waals surface area (Å²) < 4.78 is 1.86. The zero-order valence-corrected chi connectivity index (χ0v) is 12.0. The molecule has 0 aliphatic heterocycles. The third-order valence-corrected chi connectivity index (χ3v) is 3.60. The van der Waals surface area contributed by atoms with Crippen molar-refractivity contribution >= 4 is 11.0 Å². The molecule has 5 heteroatoms. The largest absolute Gasteiger partial charge is 0.322 e. The summed E-state index contributed by atoms with van der Waals surface area (Å²) in [5.41, 5.74) is 4.29. The first-order chi connectivity index (χ1) is 9.70. The standard InChI is InChI=1S/C15H19N5/c1-4-16-10(2)12-9-17-20(11(12)3)15-18-13-7-5-6-8-14(13)19-15/h5-10,16H,4H2,1-3H3,(H,18,19). The Labute approximate surface area is 118 Å². The topological polar surface area (TPSA) is 58.5 Å². The Kier molecular flexibility index (Phi) is 3.28. The normalized spacial score (nSPS) is 12.9. The van der Waals surface area contributed by atoms with Crippen LogP contribution in [0.25, 0.3) is 17.0 Å². The number of nitrogens with one attached hydrogen (secondary N) is 2. The fraction of sp³-hybridized carbons (Fsp3) is 0.333. The first-order valence-electron chi connectivity index (χ1n) is 6.93. The molecular weight excluding hydrogens is 250 g/mol. The van der Waals surface area contributed by atoms with E-state index in [0.717, 1.165) is 29.2 Å². The summed E-state index contributed by atoms with van der Waals surface area (Å²) in [6, 6.07) is 8.29. The number of rotatable bonds is 4. The van der Waals surface area contributed by atoms with Gasteiger partial charge in [0.25, 0.3) is 0 Å². The van der Waals surface area contributed by atoms with Gasteiger partial charge in [0.15, 0.2) is 0 Å². The van der Waals surface area contributed by atoms with E-state index in [1.165, 1.54) is 5.56 Å². The van der Waals surface area contributed by atoms with Crippen LogP contribution in [0.2, 0.25) is 0 Å². The molecule has 0 aliphatic rings. The number of para-hydroxylation sites is 2. The maximum Gasteiger partial charge on any atom is 0.229 e. The van der Waals surface area contributed by atoms with Crippen molar-refractivity contribution in [3.8, 4) is 5.95 Å². The molecular formula is C15H19N5. The number of nitrogens with zero attached hydrogens (tertiary/aromatic N) is 3. The average molecular weight is 269 g/mol. The van der Waals surface area contributed by atoms with E-state index in [1.807, 2.05) is 35.1 Å². The van der Waals surface area contributed by atoms with Crippen molar-refractivity contribution in [2.24, 2.45) is 0 Å². The van der Waals surface area contributed by atoms with Gasteiger partial charge in [0.05, 0.1) is 17.2 Å². The van der Waals surface area contributed by atoms with Gasteiger partial charge < -0.3 is 10.3 Å². The molecule has 0 saturated carbocycles. The van der Waals surface area contributed by atoms with E-state index in [0.29, 0.717) is 0 Å². The van der Waals surface area contributed by atoms with Gasteiger partial charge in [0, 0.05) is 17.3 Å². The molecule has 0 bridgehead atoms. The van der Waals surface area contributed by atoms with Gasteiger partial charge in [-0.15, -0.1) is 0 Å². The third kappa shape index (κ3) is 2.10. The highest BCUT2D eigenvalue weighted by Gasteiger charge is 2.15. The van der Waals surface area contributed by atoms with Crippen LogP contribution in [0.4, 0.5) is 0 Å². The summed E-state index contributed by atoms with van der Waals surface area (Å²) in [5.74, 6) is 0.763. The summed E-state index contributed by atoms with van der Waals surface area (Å²) >= 11 is 0. The minimum atomic E-state index is 0.290. The molecule has 0 radical (unpaired) electrons. The summed E-state index contributed by atoms with van der Waals surface area (Å²) in [4.78, 5) is 7.89. The summed E-state index contributed by atoms with van der Waals surface area (Å²) in [5, 5.41) is 7.88. The summed E-state index contributed by atoms with van der Waals surface area (Å²) in [6.07, 6.45) is 1.91. The molecule has 0 fully saturated rings. The van der Waals surface area contributed by atoms with Crippen LogP contribution in [-0.4, -0.2) is 26.3 Å². The maximum atomic E-state index is 4.59. The molecule has 2 N–H and O–H groups in total. The number of aromatic nitrogens is 4. The molecule has 0 aliphatic carbocycles. The predicted molar refractivity (Wildman–Crippen MR) is 80.0 cm³/mol. The Morgan fingerprint density at radius 1 is 1.35 bits per heavy atom. The van der Waals surface area contributed by atoms with Crippen molar-refractivity contribution in [2.75, 3.05) is 6.54 Å². The lowest BCUT2D eigenvalue weighted by Gasteiger charge is -2.11. The van der Waals surface area contributed by atoms with Gasteiger partial charge in [-0.1, -0.05) is 19.1 Å². The highest BCUT2D eigenvalue weighted by molar-refractivity contribution is 5.75. The van der Waals surface area contributed by atoms with E-state index in [9.17, 15) is 0 Å². The Balaban J connectivity index is 2.02. The van der Waals surface area contributed by atoms with E-state index < -0.39 is 0 Å². The molecule has 3 rings (SSSR count). The molecule has 2 heterocycles. The highest BCUT2D eigenvalue weighted by atomic mass is 15.4. The van der Waals surface area contributed by atoms with Crippen LogP contribution in [-0.2, 0) is 0 Å². The molecule has 20 heavy (non-hydrogen) atoms. The molecule has 104 valence electrons. The van der Waals surface area contributed by atoms with Crippen molar-refractivity contribution < 1.29 is 0 Å². The number of benzene rings is 1. The Bertz CT molecular complexity index is 692. The number of fused-ring (bicyclic) bond motifs is 1. The SMILES string of the molecule is CCNC(C)c1cnn(-c2nc3ccccc3[nH]2)c1C. The van der Waals surface area contributed by atoms with Crippen LogP contribution in [0.1, 0.15) is 31.1 Å². The van der Waals surface area contributed by atoms with Crippen LogP contribution in [0, 0.1) is 6.92 Å². The third-order valence-electron chi connectivity index (χ3n) is 3.60. The lowest BCUT2D eigenvalue weighted by molar-refractivity contribution is 0.594. The van der Waals surface area contributed by atoms with E-state index in [1.54, 1.807) is 0 Å². The highest BCUT2D eigenvalue weighted by Crippen LogP contribution is 2.20. The van der Waals surface area contributed by atoms with Crippen molar-refractivity contribution in [3.05, 3.63) is 41.7 Å². The first-order valence-corrected chi connectivity index (χ1v) is 6.93. The zero-order chi connectivity index (χ0) is 14.1. The zero-order valence-electron chi connectivity index (χ0n) is 12.0. The Hall–Kier alpha value is -2.14. The number of imidazole rings is 1. The second kappa shape index (κ2) is 5.09. The average Bonchev–Trinajstić information content (AvgIpc) is 3.01. The van der Waals surface area contributed by atoms with Gasteiger partial charge in [0.2, 0.25) is 5.95 Å². The minimum Gasteiger partial charge on any atom is -0.322 e. The fourth-order valence-electron chi connectivity index (χ4n) is 2.52. The van der Waals surface area contributed by atoms with Crippen LogP contribution < -0.4 is 5.32 Å². The summed E-state index contributed by atoms with van der Waals surface area (Å²) in [6.45, 7) is 7.27. The van der Waals surface area contributed by atoms with Crippen LogP contribution in [0.3, 0.4) is 0 Å². The van der Waals surface area contributed by atoms with Crippen LogP contribution in [0.5, 0.6) is 0 Å². The Morgan fingerprint density at radius 3 is 2.90 bits per heavy atom. The van der Waals surface area contributed by atoms with Crippen LogP contribution in [0.15, 0.2) is 30.5 Å². The lowest BCUT2D eigenvalue weighted by atomic mass is 10.1. The molecule has 1 unspecified atom stereocenters. The van der Waals surface area contributed by atoms with E-state index in [-0.39, 0.29) is 6.04 Å². The monoisotopic (exact) mass is 269 g/mol. The van der Waals surface area contributed by atoms with Crippen molar-refractivity contribution in [2.45, 2.75) is 26.8 Å². The van der Waals surface area contributed by atoms with E-state index in [4.69, 9.17) is 0 Å². The van der Waals surface area contributed by atoms with Gasteiger partial charge in [-0.2, -0.15) is 5.10 Å². The number of hydrogen-bond donors (Lipinski definition) is 2. The van der Waals surface area contributed by atoms with E-state index in [2.05, 4.69) is 41.2 Å². The molecule has 1 aromatic carbocycles. The minimum absolute atomic E-state index is 0.290. The number of H-pyrrole nitrogens is 1. The molecule has 3 aromatic rings. The van der Waals surface area contributed by atoms with Gasteiger partial charge in [-0.25, -0.2) is 9.67 Å². The van der Waals surface area contributed by atoms with Crippen molar-refractivity contribution in [1.29, 1.82) is 0 Å². The quantitative estimate of drug-likeness (QED) is 0.765. The smallest absolute Gasteiger partial charge is 0.229 e. The predicted octanol–water partition coefficient (Wildman–Crippen LogP) is 2.73. The van der Waals surface area contributed by atoms with Gasteiger partial charge in [-0.3, -0.25) is 0 Å². The second-order valence-corrected chi connectivity index (χ2v) is 4.95. The molecule has 1 atom stereocenters. The number of aromatic amines is 1. The lowest BCUT2D eigenvalue weighted by Crippen LogP contribution is -2.18. The van der Waals surface area contributed by atoms with Gasteiger partial charge >= 0.3 is 0 Å². The van der Waals surface area contributed by atoms with Gasteiger partial charge in [-0.05, 0) is 32.5 Å². The van der Waals surface area contributed by atoms with Crippen LogP contribution >= 0.6 is 0 Å². The molecule has 2 aromatic heterocycles. The molecule has 0 amide bonds. The maximum absolute atomic E-state index is 4.59. The second-order valence-electron chi connectivity index (χ2n) is 4.95. The van der Waals surface area contributed by atoms with Crippen molar-refractivity contribution in [3.63, 3.8) is 0 Å². The fourth-order valence-corrected chi connectivity index (χ4v) is 2.52. The summed E-state index contributed by atoms with van der Waals surface area (Å²) in [7, 11) is 0. The molecule has 0 spiro atoms. The van der Waals surface area contributed by atoms with E-state index >= 15 is 0 Å². The van der Waals surface area contributed by atoms with Gasteiger partial charge in [0.1, 0.15) is 0 Å². The molecule has 5 nitrogen and oxygen atoms in total. The Morgan fingerprint density at radius 2 is 2.15 bits per heavy atom. The molecule has 0 saturated heterocycles. The van der Waals surface area contributed by atoms with Crippen molar-refractivity contribution in [1.82, 2.24) is 25.1 Å². The first kappa shape index (κ1) is 12.9. The number of hydrogen-bond acceptors (Lipinski definition) is 3.